The second-order valence-electron chi connectivity index (χ2n) is 6.97. The maximum atomic E-state index is 12.2. The van der Waals surface area contributed by atoms with E-state index in [4.69, 9.17) is 9.72 Å². The smallest absolute Gasteiger partial charge is 0.167 e. The van der Waals surface area contributed by atoms with Crippen LogP contribution in [-0.2, 0) is 20.9 Å². The van der Waals surface area contributed by atoms with Gasteiger partial charge in [-0.15, -0.1) is 0 Å². The summed E-state index contributed by atoms with van der Waals surface area (Å²) in [6.07, 6.45) is 7.49. The summed E-state index contributed by atoms with van der Waals surface area (Å²) >= 11 is 0. The highest BCUT2D eigenvalue weighted by Crippen LogP contribution is 2.35. The van der Waals surface area contributed by atoms with Gasteiger partial charge in [0, 0.05) is 59.2 Å². The first kappa shape index (κ1) is 18.0. The van der Waals surface area contributed by atoms with Gasteiger partial charge in [0.15, 0.2) is 11.6 Å². The van der Waals surface area contributed by atoms with Gasteiger partial charge >= 0.3 is 0 Å². The van der Waals surface area contributed by atoms with Gasteiger partial charge in [-0.05, 0) is 13.0 Å². The molecule has 1 saturated heterocycles. The van der Waals surface area contributed by atoms with Gasteiger partial charge < -0.3 is 9.64 Å². The molecule has 0 aromatic carbocycles. The number of nitrogens with zero attached hydrogens (tertiary/aromatic N) is 6. The van der Waals surface area contributed by atoms with Crippen LogP contribution in [0.5, 0.6) is 0 Å². The molecular formula is C18H22N6O2S. The van der Waals surface area contributed by atoms with E-state index in [1.807, 2.05) is 12.3 Å². The molecule has 0 saturated carbocycles. The number of aliphatic imine (C=N–C) groups is 1. The number of fused-ring (bicyclic) bond motifs is 1. The topological polar surface area (TPSA) is 92.9 Å². The van der Waals surface area contributed by atoms with E-state index in [1.54, 1.807) is 24.8 Å². The second-order valence-corrected chi connectivity index (χ2v) is 9.51. The van der Waals surface area contributed by atoms with Crippen molar-refractivity contribution < 1.29 is 8.95 Å². The van der Waals surface area contributed by atoms with Crippen molar-refractivity contribution in [2.45, 2.75) is 19.4 Å². The van der Waals surface area contributed by atoms with Gasteiger partial charge in [0.05, 0.1) is 30.6 Å². The van der Waals surface area contributed by atoms with Crippen LogP contribution in [0.1, 0.15) is 12.6 Å². The van der Waals surface area contributed by atoms with Crippen molar-refractivity contribution >= 4 is 33.3 Å². The minimum Gasteiger partial charge on any atom is -0.377 e. The molecule has 0 spiro atoms. The average molecular weight is 386 g/mol. The highest BCUT2D eigenvalue weighted by Gasteiger charge is 2.23. The van der Waals surface area contributed by atoms with Gasteiger partial charge in [0.2, 0.25) is 0 Å². The van der Waals surface area contributed by atoms with Gasteiger partial charge in [0.25, 0.3) is 0 Å². The van der Waals surface area contributed by atoms with Crippen LogP contribution in [0.4, 0.5) is 17.3 Å². The summed E-state index contributed by atoms with van der Waals surface area (Å²) in [5, 5.41) is 0. The van der Waals surface area contributed by atoms with E-state index in [0.717, 1.165) is 29.3 Å². The minimum atomic E-state index is -2.35. The molecule has 2 aliphatic heterocycles. The predicted molar refractivity (Wildman–Crippen MR) is 107 cm³/mol. The van der Waals surface area contributed by atoms with E-state index in [9.17, 15) is 4.21 Å². The van der Waals surface area contributed by atoms with Crippen LogP contribution >= 0.6 is 0 Å². The highest BCUT2D eigenvalue weighted by atomic mass is 32.2. The number of rotatable bonds is 3. The van der Waals surface area contributed by atoms with Gasteiger partial charge in [-0.3, -0.25) is 9.98 Å². The molecule has 9 heteroatoms. The third-order valence-corrected chi connectivity index (χ3v) is 5.05. The summed E-state index contributed by atoms with van der Waals surface area (Å²) in [5.74, 6) is 1.69. The Hall–Kier alpha value is -2.39. The van der Waals surface area contributed by atoms with Crippen molar-refractivity contribution in [3.63, 3.8) is 0 Å². The summed E-state index contributed by atoms with van der Waals surface area (Å²) in [4.78, 5) is 20.4. The lowest BCUT2D eigenvalue weighted by molar-refractivity contribution is 0.0985. The molecule has 27 heavy (non-hydrogen) atoms. The lowest BCUT2D eigenvalue weighted by Crippen LogP contribution is -2.44. The van der Waals surface area contributed by atoms with Crippen LogP contribution in [-0.4, -0.2) is 63.7 Å². The summed E-state index contributed by atoms with van der Waals surface area (Å²) in [7, 11) is -2.35. The lowest BCUT2D eigenvalue weighted by atomic mass is 10.1. The Kier molecular flexibility index (Phi) is 4.65. The molecule has 142 valence electrons. The maximum absolute atomic E-state index is 12.2. The zero-order chi connectivity index (χ0) is 19.0. The Morgan fingerprint density at radius 2 is 2.19 bits per heavy atom. The molecule has 0 radical (unpaired) electrons. The number of anilines is 1. The average Bonchev–Trinajstić information content (AvgIpc) is 3.09. The molecule has 4 heterocycles. The molecule has 2 aromatic rings. The molecule has 0 aliphatic carbocycles. The number of ether oxygens (including phenoxy) is 1. The number of hydrogen-bond donors (Lipinski definition) is 0. The van der Waals surface area contributed by atoms with Crippen molar-refractivity contribution in [3.8, 4) is 11.4 Å². The number of hydrogen-bond acceptors (Lipinski definition) is 8. The molecule has 0 bridgehead atoms. The molecule has 8 nitrogen and oxygen atoms in total. The predicted octanol–water partition coefficient (Wildman–Crippen LogP) is 2.38. The third kappa shape index (κ3) is 3.84. The summed E-state index contributed by atoms with van der Waals surface area (Å²) in [5.41, 5.74) is 2.52. The van der Waals surface area contributed by atoms with Gasteiger partial charge in [-0.1, -0.05) is 0 Å². The van der Waals surface area contributed by atoms with E-state index >= 15 is 0 Å². The number of pyridine rings is 1. The summed E-state index contributed by atoms with van der Waals surface area (Å²) in [6.45, 7) is 4.11. The number of aromatic nitrogens is 3. The van der Waals surface area contributed by atoms with E-state index in [-0.39, 0.29) is 6.04 Å². The SMILES string of the molecule is C[C@@H]1COCCN1c1cc(N=S(C)(C)=O)nc(-c2ccnc3c2N=CC3)n1. The zero-order valence-electron chi connectivity index (χ0n) is 15.6. The van der Waals surface area contributed by atoms with Gasteiger partial charge in [-0.25, -0.2) is 14.2 Å². The number of morpholine rings is 1. The normalized spacial score (nSPS) is 19.2. The van der Waals surface area contributed by atoms with Crippen LogP contribution in [0.15, 0.2) is 27.7 Å². The van der Waals surface area contributed by atoms with E-state index in [2.05, 4.69) is 31.1 Å². The minimum absolute atomic E-state index is 0.183. The maximum Gasteiger partial charge on any atom is 0.167 e. The standard InChI is InChI=1S/C18H22N6O2S/c1-12-11-26-9-8-24(12)16-10-15(23-27(2,3)25)21-18(22-16)13-4-6-19-14-5-7-20-17(13)14/h4,6-7,10,12H,5,8-9,11H2,1-3H3/t12-/m1/s1. The molecule has 0 amide bonds. The Balaban J connectivity index is 1.88. The van der Waals surface area contributed by atoms with Crippen molar-refractivity contribution in [1.29, 1.82) is 0 Å². The first-order chi connectivity index (χ1) is 12.9. The van der Waals surface area contributed by atoms with E-state index in [1.165, 1.54) is 0 Å². The molecule has 2 aromatic heterocycles. The molecule has 1 fully saturated rings. The summed E-state index contributed by atoms with van der Waals surface area (Å²) < 4.78 is 22.1. The van der Waals surface area contributed by atoms with Crippen LogP contribution in [0.3, 0.4) is 0 Å². The molecule has 0 N–H and O–H groups in total. The molecule has 4 rings (SSSR count). The summed E-state index contributed by atoms with van der Waals surface area (Å²) in [6, 6.07) is 3.84. The van der Waals surface area contributed by atoms with Gasteiger partial charge in [-0.2, -0.15) is 4.36 Å². The monoisotopic (exact) mass is 386 g/mol. The van der Waals surface area contributed by atoms with Crippen molar-refractivity contribution in [2.24, 2.45) is 9.36 Å². The fourth-order valence-electron chi connectivity index (χ4n) is 3.22. The second kappa shape index (κ2) is 6.97. The van der Waals surface area contributed by atoms with E-state index in [0.29, 0.717) is 31.3 Å². The van der Waals surface area contributed by atoms with Crippen LogP contribution in [0.25, 0.3) is 11.4 Å². The van der Waals surface area contributed by atoms with Crippen LogP contribution in [0, 0.1) is 0 Å². The first-order valence-electron chi connectivity index (χ1n) is 8.82. The van der Waals surface area contributed by atoms with Gasteiger partial charge in [0.1, 0.15) is 5.82 Å². The molecule has 1 atom stereocenters. The quantitative estimate of drug-likeness (QED) is 0.804. The molecule has 2 aliphatic rings. The first-order valence-corrected chi connectivity index (χ1v) is 11.2. The Morgan fingerprint density at radius 3 is 2.96 bits per heavy atom. The fourth-order valence-corrected chi connectivity index (χ4v) is 3.77. The third-order valence-electron chi connectivity index (χ3n) is 4.42. The Morgan fingerprint density at radius 1 is 1.33 bits per heavy atom. The van der Waals surface area contributed by atoms with E-state index < -0.39 is 9.73 Å². The fraction of sp³-hybridized carbons (Fsp3) is 0.444. The van der Waals surface area contributed by atoms with Crippen molar-refractivity contribution in [2.75, 3.05) is 37.2 Å². The Bertz CT molecular complexity index is 1020. The van der Waals surface area contributed by atoms with Crippen molar-refractivity contribution in [3.05, 3.63) is 24.0 Å². The van der Waals surface area contributed by atoms with Crippen molar-refractivity contribution in [1.82, 2.24) is 15.0 Å². The Labute approximate surface area is 158 Å². The van der Waals surface area contributed by atoms with Crippen LogP contribution < -0.4 is 4.90 Å². The lowest BCUT2D eigenvalue weighted by Gasteiger charge is -2.34. The highest BCUT2D eigenvalue weighted by molar-refractivity contribution is 7.92. The largest absolute Gasteiger partial charge is 0.377 e. The zero-order valence-corrected chi connectivity index (χ0v) is 16.4. The molecule has 0 unspecified atom stereocenters. The van der Waals surface area contributed by atoms with Crippen LogP contribution in [0.2, 0.25) is 0 Å². The molecular weight excluding hydrogens is 364 g/mol.